The zero-order valence-corrected chi connectivity index (χ0v) is 10.3. The number of hydrogen-bond donors (Lipinski definition) is 1. The first-order valence-electron chi connectivity index (χ1n) is 5.77. The van der Waals surface area contributed by atoms with Gasteiger partial charge in [-0.2, -0.15) is 11.8 Å². The van der Waals surface area contributed by atoms with Gasteiger partial charge in [-0.15, -0.1) is 0 Å². The molecule has 1 N–H and O–H groups in total. The van der Waals surface area contributed by atoms with Crippen LogP contribution in [0.1, 0.15) is 32.6 Å². The normalized spacial score (nSPS) is 17.5. The summed E-state index contributed by atoms with van der Waals surface area (Å²) in [5, 5.41) is 8.85. The SMILES string of the molecule is CCSCCN(CC(=O)O)C1CCCC1. The number of thioether (sulfide) groups is 1. The van der Waals surface area contributed by atoms with Gasteiger partial charge in [-0.25, -0.2) is 0 Å². The van der Waals surface area contributed by atoms with E-state index in [-0.39, 0.29) is 6.54 Å². The lowest BCUT2D eigenvalue weighted by Crippen LogP contribution is -2.39. The van der Waals surface area contributed by atoms with Crippen molar-refractivity contribution in [3.8, 4) is 0 Å². The van der Waals surface area contributed by atoms with Crippen LogP contribution in [0.2, 0.25) is 0 Å². The predicted octanol–water partition coefficient (Wildman–Crippen LogP) is 2.07. The maximum atomic E-state index is 10.8. The molecule has 1 rings (SSSR count). The molecule has 4 heteroatoms. The van der Waals surface area contributed by atoms with E-state index in [1.54, 1.807) is 0 Å². The Morgan fingerprint density at radius 1 is 1.47 bits per heavy atom. The van der Waals surface area contributed by atoms with Crippen LogP contribution in [0, 0.1) is 0 Å². The van der Waals surface area contributed by atoms with E-state index >= 15 is 0 Å². The van der Waals surface area contributed by atoms with Crippen molar-refractivity contribution < 1.29 is 9.90 Å². The van der Waals surface area contributed by atoms with Crippen LogP contribution in [0.4, 0.5) is 0 Å². The van der Waals surface area contributed by atoms with E-state index < -0.39 is 5.97 Å². The molecule has 1 aliphatic rings. The topological polar surface area (TPSA) is 40.5 Å². The molecule has 0 aromatic carbocycles. The number of aliphatic carboxylic acids is 1. The molecule has 0 aliphatic heterocycles. The Kier molecular flexibility index (Phi) is 6.10. The van der Waals surface area contributed by atoms with Gasteiger partial charge in [0, 0.05) is 18.3 Å². The molecule has 1 saturated carbocycles. The highest BCUT2D eigenvalue weighted by Crippen LogP contribution is 2.23. The van der Waals surface area contributed by atoms with Crippen molar-refractivity contribution in [1.29, 1.82) is 0 Å². The summed E-state index contributed by atoms with van der Waals surface area (Å²) in [7, 11) is 0. The van der Waals surface area contributed by atoms with Crippen LogP contribution in [0.15, 0.2) is 0 Å². The summed E-state index contributed by atoms with van der Waals surface area (Å²) in [6.07, 6.45) is 4.90. The molecular formula is C11H21NO2S. The molecule has 0 aromatic heterocycles. The lowest BCUT2D eigenvalue weighted by Gasteiger charge is -2.26. The fourth-order valence-electron chi connectivity index (χ4n) is 2.16. The Balaban J connectivity index is 2.33. The summed E-state index contributed by atoms with van der Waals surface area (Å²) in [5.41, 5.74) is 0. The Bertz CT molecular complexity index is 193. The average molecular weight is 231 g/mol. The number of carboxylic acids is 1. The number of hydrogen-bond acceptors (Lipinski definition) is 3. The molecule has 15 heavy (non-hydrogen) atoms. The molecule has 1 aliphatic carbocycles. The Morgan fingerprint density at radius 2 is 2.13 bits per heavy atom. The fourth-order valence-corrected chi connectivity index (χ4v) is 2.81. The molecule has 0 amide bonds. The molecule has 3 nitrogen and oxygen atoms in total. The van der Waals surface area contributed by atoms with E-state index in [1.807, 2.05) is 11.8 Å². The second-order valence-electron chi connectivity index (χ2n) is 4.00. The van der Waals surface area contributed by atoms with E-state index in [4.69, 9.17) is 5.11 Å². The predicted molar refractivity (Wildman–Crippen MR) is 64.5 cm³/mol. The quantitative estimate of drug-likeness (QED) is 0.681. The first-order chi connectivity index (χ1) is 7.24. The van der Waals surface area contributed by atoms with Gasteiger partial charge in [-0.1, -0.05) is 19.8 Å². The largest absolute Gasteiger partial charge is 0.480 e. The molecule has 88 valence electrons. The lowest BCUT2D eigenvalue weighted by atomic mass is 10.2. The minimum Gasteiger partial charge on any atom is -0.480 e. The molecule has 0 aromatic rings. The van der Waals surface area contributed by atoms with Crippen molar-refractivity contribution in [1.82, 2.24) is 4.90 Å². The number of nitrogens with zero attached hydrogens (tertiary/aromatic N) is 1. The van der Waals surface area contributed by atoms with E-state index in [0.29, 0.717) is 6.04 Å². The highest BCUT2D eigenvalue weighted by atomic mass is 32.2. The fraction of sp³-hybridized carbons (Fsp3) is 0.909. The van der Waals surface area contributed by atoms with Crippen molar-refractivity contribution in [2.24, 2.45) is 0 Å². The summed E-state index contributed by atoms with van der Waals surface area (Å²) in [5.74, 6) is 1.48. The van der Waals surface area contributed by atoms with E-state index in [9.17, 15) is 4.79 Å². The van der Waals surface area contributed by atoms with Gasteiger partial charge in [0.2, 0.25) is 0 Å². The number of carboxylic acid groups (broad SMARTS) is 1. The zero-order chi connectivity index (χ0) is 11.1. The minimum atomic E-state index is -0.691. The molecule has 0 unspecified atom stereocenters. The molecule has 0 bridgehead atoms. The third kappa shape index (κ3) is 4.89. The first kappa shape index (κ1) is 12.8. The van der Waals surface area contributed by atoms with Crippen LogP contribution in [0.5, 0.6) is 0 Å². The highest BCUT2D eigenvalue weighted by Gasteiger charge is 2.23. The summed E-state index contributed by atoms with van der Waals surface area (Å²) < 4.78 is 0. The number of rotatable bonds is 7. The maximum Gasteiger partial charge on any atom is 0.317 e. The van der Waals surface area contributed by atoms with Crippen molar-refractivity contribution in [3.05, 3.63) is 0 Å². The van der Waals surface area contributed by atoms with E-state index in [2.05, 4.69) is 11.8 Å². The van der Waals surface area contributed by atoms with Gasteiger partial charge in [-0.3, -0.25) is 9.69 Å². The second-order valence-corrected chi connectivity index (χ2v) is 5.39. The second kappa shape index (κ2) is 7.12. The van der Waals surface area contributed by atoms with Crippen LogP contribution < -0.4 is 0 Å². The van der Waals surface area contributed by atoms with Gasteiger partial charge in [0.15, 0.2) is 0 Å². The van der Waals surface area contributed by atoms with Crippen molar-refractivity contribution in [3.63, 3.8) is 0 Å². The van der Waals surface area contributed by atoms with Gasteiger partial charge in [0.25, 0.3) is 0 Å². The van der Waals surface area contributed by atoms with Crippen LogP contribution in [-0.4, -0.2) is 46.6 Å². The Morgan fingerprint density at radius 3 is 2.67 bits per heavy atom. The smallest absolute Gasteiger partial charge is 0.317 e. The van der Waals surface area contributed by atoms with Crippen LogP contribution in [0.3, 0.4) is 0 Å². The molecule has 1 fully saturated rings. The molecule has 0 atom stereocenters. The molecule has 0 radical (unpaired) electrons. The van der Waals surface area contributed by atoms with Crippen molar-refractivity contribution in [2.75, 3.05) is 24.6 Å². The summed E-state index contributed by atoms with van der Waals surface area (Å²) in [4.78, 5) is 12.9. The monoisotopic (exact) mass is 231 g/mol. The van der Waals surface area contributed by atoms with Gasteiger partial charge in [0.1, 0.15) is 0 Å². The first-order valence-corrected chi connectivity index (χ1v) is 6.93. The van der Waals surface area contributed by atoms with E-state index in [0.717, 1.165) is 18.1 Å². The lowest BCUT2D eigenvalue weighted by molar-refractivity contribution is -0.138. The Hall–Kier alpha value is -0.220. The minimum absolute atomic E-state index is 0.217. The summed E-state index contributed by atoms with van der Waals surface area (Å²) in [6, 6.07) is 0.526. The molecular weight excluding hydrogens is 210 g/mol. The number of carbonyl (C=O) groups is 1. The molecule has 0 heterocycles. The van der Waals surface area contributed by atoms with Gasteiger partial charge in [-0.05, 0) is 18.6 Å². The highest BCUT2D eigenvalue weighted by molar-refractivity contribution is 7.99. The Labute approximate surface area is 96.2 Å². The van der Waals surface area contributed by atoms with Crippen molar-refractivity contribution in [2.45, 2.75) is 38.6 Å². The van der Waals surface area contributed by atoms with E-state index in [1.165, 1.54) is 25.7 Å². The van der Waals surface area contributed by atoms with Gasteiger partial charge < -0.3 is 5.11 Å². The maximum absolute atomic E-state index is 10.8. The van der Waals surface area contributed by atoms with Gasteiger partial charge >= 0.3 is 5.97 Å². The standard InChI is InChI=1S/C11H21NO2S/c1-2-15-8-7-12(9-11(13)14)10-5-3-4-6-10/h10H,2-9H2,1H3,(H,13,14). The van der Waals surface area contributed by atoms with Crippen LogP contribution in [0.25, 0.3) is 0 Å². The summed E-state index contributed by atoms with van der Waals surface area (Å²) >= 11 is 1.89. The van der Waals surface area contributed by atoms with Crippen LogP contribution >= 0.6 is 11.8 Å². The third-order valence-corrected chi connectivity index (χ3v) is 3.79. The average Bonchev–Trinajstić information content (AvgIpc) is 2.68. The molecule has 0 saturated heterocycles. The zero-order valence-electron chi connectivity index (χ0n) is 9.45. The summed E-state index contributed by atoms with van der Waals surface area (Å²) in [6.45, 7) is 3.28. The van der Waals surface area contributed by atoms with Gasteiger partial charge in [0.05, 0.1) is 6.54 Å². The van der Waals surface area contributed by atoms with Crippen molar-refractivity contribution >= 4 is 17.7 Å². The molecule has 0 spiro atoms. The van der Waals surface area contributed by atoms with Crippen LogP contribution in [-0.2, 0) is 4.79 Å². The third-order valence-electron chi connectivity index (χ3n) is 2.91.